The number of hydrogen-bond acceptors (Lipinski definition) is 2. The third-order valence-corrected chi connectivity index (χ3v) is 17.6. The van der Waals surface area contributed by atoms with E-state index in [9.17, 15) is 11.8 Å². The van der Waals surface area contributed by atoms with Gasteiger partial charge in [0.15, 0.2) is 0 Å². The summed E-state index contributed by atoms with van der Waals surface area (Å²) in [5, 5.41) is 23.7. The number of rotatable bonds is 7. The topological polar surface area (TPSA) is 41.2 Å². The van der Waals surface area contributed by atoms with Crippen LogP contribution in [0.5, 0.6) is 0 Å². The van der Waals surface area contributed by atoms with Gasteiger partial charge in [-0.05, 0) is 156 Å². The first-order valence-corrected chi connectivity index (χ1v) is 27.7. The Bertz CT molecular complexity index is 5160. The maximum Gasteiger partial charge on any atom is 0.235 e. The van der Waals surface area contributed by atoms with Crippen molar-refractivity contribution in [2.45, 2.75) is 6.42 Å². The number of anilines is 3. The minimum atomic E-state index is 0.159. The quantitative estimate of drug-likeness (QED) is 0.118. The number of benzene rings is 11. The highest BCUT2D eigenvalue weighted by Gasteiger charge is 2.35. The van der Waals surface area contributed by atoms with Crippen molar-refractivity contribution in [1.29, 1.82) is 5.26 Å². The molecule has 5 heteroatoms. The molecule has 4 aliphatic carbocycles. The van der Waals surface area contributed by atoms with E-state index in [2.05, 4.69) is 243 Å². The molecule has 0 spiro atoms. The molecule has 17 rings (SSSR count). The average Bonchev–Trinajstić information content (AvgIpc) is 4.19. The van der Waals surface area contributed by atoms with Crippen molar-refractivity contribution in [3.05, 3.63) is 305 Å². The van der Waals surface area contributed by atoms with E-state index >= 15 is 0 Å². The van der Waals surface area contributed by atoms with E-state index in [0.717, 1.165) is 78.1 Å². The van der Waals surface area contributed by atoms with E-state index in [1.165, 1.54) is 65.8 Å². The zero-order chi connectivity index (χ0) is 53.4. The summed E-state index contributed by atoms with van der Waals surface area (Å²) in [4.78, 5) is 6.76. The van der Waals surface area contributed by atoms with Crippen LogP contribution >= 0.6 is 0 Å². The Balaban J connectivity index is 0.991. The minimum absolute atomic E-state index is 0.159. The smallest absolute Gasteiger partial charge is 0.235 e. The van der Waals surface area contributed by atoms with Gasteiger partial charge in [-0.1, -0.05) is 188 Å². The van der Waals surface area contributed by atoms with Gasteiger partial charge in [-0.3, -0.25) is 0 Å². The highest BCUT2D eigenvalue weighted by atomic mass is 15.2. The summed E-state index contributed by atoms with van der Waals surface area (Å²) in [6.07, 6.45) is 19.4. The minimum Gasteiger partial charge on any atom is -0.319 e. The van der Waals surface area contributed by atoms with E-state index in [1.54, 1.807) is 0 Å². The van der Waals surface area contributed by atoms with E-state index in [1.807, 2.05) is 36.4 Å². The van der Waals surface area contributed by atoms with Crippen LogP contribution in [0.15, 0.2) is 283 Å². The molecule has 1 unspecified atom stereocenters. The number of aromatic nitrogens is 2. The van der Waals surface area contributed by atoms with E-state index in [-0.39, 0.29) is 5.92 Å². The first-order chi connectivity index (χ1) is 40.1. The summed E-state index contributed by atoms with van der Waals surface area (Å²) in [5.41, 5.74) is 19.4. The Kier molecular flexibility index (Phi) is 9.61. The molecule has 81 heavy (non-hydrogen) atoms. The number of nitrogens with zero attached hydrogens (tertiary/aromatic N) is 5. The van der Waals surface area contributed by atoms with Gasteiger partial charge in [0.25, 0.3) is 0 Å². The molecule has 0 aliphatic heterocycles. The van der Waals surface area contributed by atoms with Crippen LogP contribution in [0.4, 0.5) is 22.7 Å². The second-order valence-electron chi connectivity index (χ2n) is 21.7. The lowest BCUT2D eigenvalue weighted by atomic mass is 9.67. The molecule has 2 heterocycles. The highest BCUT2D eigenvalue weighted by molar-refractivity contribution is 6.26. The van der Waals surface area contributed by atoms with Gasteiger partial charge in [-0.2, -0.15) is 5.26 Å². The average molecular weight is 1030 g/mol. The molecular weight excluding hydrogens is 983 g/mol. The molecule has 374 valence electrons. The van der Waals surface area contributed by atoms with Crippen molar-refractivity contribution in [3.8, 4) is 28.6 Å². The number of nitriles is 1. The zero-order valence-corrected chi connectivity index (χ0v) is 43.8. The monoisotopic (exact) mass is 1030 g/mol. The second kappa shape index (κ2) is 17.3. The van der Waals surface area contributed by atoms with Gasteiger partial charge in [-0.25, -0.2) is 4.85 Å². The van der Waals surface area contributed by atoms with E-state index in [0.29, 0.717) is 28.3 Å². The first-order valence-electron chi connectivity index (χ1n) is 27.7. The van der Waals surface area contributed by atoms with Crippen LogP contribution in [0.25, 0.3) is 109 Å². The fraction of sp³-hybridized carbons (Fsp3) is 0.0263. The van der Waals surface area contributed by atoms with Gasteiger partial charge in [-0.15, -0.1) is 0 Å². The normalized spacial score (nSPS) is 15.4. The lowest BCUT2D eigenvalue weighted by Crippen LogP contribution is -2.21. The molecule has 0 radical (unpaired) electrons. The molecule has 4 aliphatic rings. The number of fused-ring (bicyclic) bond motifs is 6. The fourth-order valence-corrected chi connectivity index (χ4v) is 14.1. The summed E-state index contributed by atoms with van der Waals surface area (Å²) in [6, 6.07) is 76.0. The van der Waals surface area contributed by atoms with Gasteiger partial charge >= 0.3 is 0 Å². The Labute approximate surface area is 467 Å². The Morgan fingerprint density at radius 3 is 1.85 bits per heavy atom. The Morgan fingerprint density at radius 1 is 0.519 bits per heavy atom. The molecule has 5 nitrogen and oxygen atoms in total. The number of allylic oxidation sites excluding steroid dienone is 14. The maximum absolute atomic E-state index is 12.1. The fourth-order valence-electron chi connectivity index (χ4n) is 14.1. The van der Waals surface area contributed by atoms with Crippen LogP contribution in [0, 0.1) is 23.8 Å². The zero-order valence-electron chi connectivity index (χ0n) is 43.8. The summed E-state index contributed by atoms with van der Waals surface area (Å²) in [6.45, 7) is 9.45. The molecule has 1 atom stereocenters. The van der Waals surface area contributed by atoms with Crippen LogP contribution in [0.1, 0.15) is 17.5 Å². The molecule has 0 saturated heterocycles. The molecule has 0 bridgehead atoms. The van der Waals surface area contributed by atoms with Crippen molar-refractivity contribution in [2.24, 2.45) is 5.92 Å². The van der Waals surface area contributed by atoms with Crippen molar-refractivity contribution >= 4 is 104 Å². The van der Waals surface area contributed by atoms with E-state index in [4.69, 9.17) is 0 Å². The van der Waals surface area contributed by atoms with Gasteiger partial charge in [0.05, 0.1) is 51.3 Å². The SMILES string of the molecule is [C-]#[N+]c1c(-n2c3ccccc3c3ccccc32)cc(N(c2ccccc2)c2ccccc2)c(C#N)c1-n1c2ccc(C3=C4C=CC5=C6C(=CC=C(C=C3)C46)CC=C5)cc2c2cc(-c3ccc4ccc5cccc6ccc3c4c56)ccc21. The molecule has 0 saturated carbocycles. The summed E-state index contributed by atoms with van der Waals surface area (Å²) in [7, 11) is 0. The van der Waals surface area contributed by atoms with Gasteiger partial charge < -0.3 is 14.0 Å². The van der Waals surface area contributed by atoms with Crippen LogP contribution in [0.2, 0.25) is 0 Å². The van der Waals surface area contributed by atoms with Gasteiger partial charge in [0.1, 0.15) is 6.07 Å². The van der Waals surface area contributed by atoms with Crippen molar-refractivity contribution in [2.75, 3.05) is 4.90 Å². The molecule has 13 aromatic rings. The maximum atomic E-state index is 12.1. The standard InChI is InChI=1S/C76H45N5/c1-78-75-70(80-65-24-10-8-22-58(65)59-23-9-11-25-66(59)80)44-69(79(54-18-4-2-5-19-54)55-20-6-3-7-21-55)64(45-77)76(75)81-67-40-34-52(56-36-30-50-28-26-46-14-12-16-48-32-38-60(56)73(50)71(46)48)42-62(67)63-43-53(35-41-68(63)81)57-37-31-51-29-27-47-15-13-17-49-33-39-61(57)74(51)72(47)49/h2-14,16-44,74H,15H2. The van der Waals surface area contributed by atoms with Crippen LogP contribution in [-0.2, 0) is 0 Å². The Morgan fingerprint density at radius 2 is 1.15 bits per heavy atom. The van der Waals surface area contributed by atoms with Crippen LogP contribution in [-0.4, -0.2) is 9.13 Å². The number of hydrogen-bond donors (Lipinski definition) is 0. The predicted molar refractivity (Wildman–Crippen MR) is 336 cm³/mol. The highest BCUT2D eigenvalue weighted by Crippen LogP contribution is 2.53. The lowest BCUT2D eigenvalue weighted by Gasteiger charge is -2.36. The Hall–Kier alpha value is -11.0. The largest absolute Gasteiger partial charge is 0.319 e. The lowest BCUT2D eigenvalue weighted by molar-refractivity contribution is 0.835. The van der Waals surface area contributed by atoms with Crippen molar-refractivity contribution < 1.29 is 0 Å². The summed E-state index contributed by atoms with van der Waals surface area (Å²) < 4.78 is 4.46. The summed E-state index contributed by atoms with van der Waals surface area (Å²) >= 11 is 0. The summed E-state index contributed by atoms with van der Waals surface area (Å²) in [5.74, 6) is 0.159. The van der Waals surface area contributed by atoms with Gasteiger partial charge in [0.2, 0.25) is 5.69 Å². The van der Waals surface area contributed by atoms with Crippen molar-refractivity contribution in [1.82, 2.24) is 9.13 Å². The molecule has 0 amide bonds. The van der Waals surface area contributed by atoms with Gasteiger partial charge in [0, 0.05) is 38.8 Å². The molecule has 11 aromatic carbocycles. The van der Waals surface area contributed by atoms with Crippen LogP contribution in [0.3, 0.4) is 0 Å². The molecular formula is C76H45N5. The third kappa shape index (κ3) is 6.46. The molecule has 2 aromatic heterocycles. The van der Waals surface area contributed by atoms with Crippen molar-refractivity contribution in [3.63, 3.8) is 0 Å². The second-order valence-corrected chi connectivity index (χ2v) is 21.7. The van der Waals surface area contributed by atoms with Crippen LogP contribution < -0.4 is 4.90 Å². The third-order valence-electron chi connectivity index (χ3n) is 17.6. The molecule has 0 N–H and O–H groups in total. The first kappa shape index (κ1) is 45.1. The molecule has 0 fully saturated rings. The predicted octanol–water partition coefficient (Wildman–Crippen LogP) is 20.0. The van der Waals surface area contributed by atoms with E-state index < -0.39 is 0 Å². The number of para-hydroxylation sites is 4.